The van der Waals surface area contributed by atoms with E-state index < -0.39 is 61.2 Å². The van der Waals surface area contributed by atoms with Crippen LogP contribution < -0.4 is 37.1 Å². The van der Waals surface area contributed by atoms with Crippen molar-refractivity contribution in [3.8, 4) is 0 Å². The molecule has 0 radical (unpaired) electrons. The van der Waals surface area contributed by atoms with Crippen LogP contribution >= 0.6 is 107 Å². The number of nitrogens with one attached hydrogen (secondary N) is 5. The Morgan fingerprint density at radius 3 is 1.01 bits per heavy atom. The highest BCUT2D eigenvalue weighted by Crippen LogP contribution is 2.04. The zero-order valence-corrected chi connectivity index (χ0v) is 54.7. The van der Waals surface area contributed by atoms with Gasteiger partial charge in [0.05, 0.1) is 79.8 Å². The number of thioether (sulfide) groups is 4. The minimum Gasteiger partial charge on any atom is -0.480 e. The molecule has 0 bridgehead atoms. The van der Waals surface area contributed by atoms with Crippen LogP contribution in [0.1, 0.15) is 25.7 Å². The summed E-state index contributed by atoms with van der Waals surface area (Å²) in [7, 11) is 8.12. The summed E-state index contributed by atoms with van der Waals surface area (Å²) < 4.78 is 62.4. The molecule has 13 N–H and O–H groups in total. The second-order valence-electron chi connectivity index (χ2n) is 13.6. The van der Waals surface area contributed by atoms with Crippen LogP contribution in [0.5, 0.6) is 0 Å². The maximum absolute atomic E-state index is 10.8. The molecule has 7 atom stereocenters. The largest absolute Gasteiger partial charge is 0.480 e. The van der Waals surface area contributed by atoms with E-state index in [0.29, 0.717) is 24.3 Å². The third kappa shape index (κ3) is 88.8. The molecule has 0 unspecified atom stereocenters. The van der Waals surface area contributed by atoms with Crippen molar-refractivity contribution >= 4 is 167 Å². The smallest absolute Gasteiger partial charge is 0.321 e. The highest BCUT2D eigenvalue weighted by molar-refractivity contribution is 8.13. The predicted octanol–water partition coefficient (Wildman–Crippen LogP) is 0.135. The number of hydrogen-bond donors (Lipinski definition) is 13. The molecule has 466 valence electrons. The molecule has 0 saturated carbocycles. The highest BCUT2D eigenvalue weighted by Gasteiger charge is 2.16. The maximum atomic E-state index is 10.8. The Labute approximate surface area is 498 Å². The van der Waals surface area contributed by atoms with Crippen LogP contribution in [-0.4, -0.2) is 257 Å². The van der Waals surface area contributed by atoms with E-state index in [0.717, 1.165) is 24.0 Å². The summed E-state index contributed by atoms with van der Waals surface area (Å²) in [4.78, 5) is 77.8. The number of likely N-dealkylation sites (N-methyl/N-ethyl adjacent to an activating group) is 3. The summed E-state index contributed by atoms with van der Waals surface area (Å²) >= 11 is 24.1. The molecule has 0 heterocycles. The fourth-order valence-corrected chi connectivity index (χ4v) is 6.69. The van der Waals surface area contributed by atoms with Crippen molar-refractivity contribution in [1.82, 2.24) is 25.6 Å². The van der Waals surface area contributed by atoms with E-state index in [2.05, 4.69) is 84.7 Å². The zero-order valence-electron chi connectivity index (χ0n) is 45.8. The van der Waals surface area contributed by atoms with Crippen LogP contribution in [0.2, 0.25) is 0 Å². The van der Waals surface area contributed by atoms with Gasteiger partial charge in [0.2, 0.25) is 9.05 Å². The summed E-state index contributed by atoms with van der Waals surface area (Å²) in [5.74, 6) is -1.03. The third-order valence-corrected chi connectivity index (χ3v) is 11.7. The van der Waals surface area contributed by atoms with Crippen molar-refractivity contribution in [1.29, 1.82) is 0 Å². The van der Waals surface area contributed by atoms with Crippen molar-refractivity contribution in [3.63, 3.8) is 0 Å². The van der Waals surface area contributed by atoms with Gasteiger partial charge in [-0.15, -0.1) is 0 Å². The first-order valence-electron chi connectivity index (χ1n) is 21.3. The number of carboxylic acids is 3. The van der Waals surface area contributed by atoms with Crippen molar-refractivity contribution in [3.05, 3.63) is 0 Å². The number of hydrogen-bond acceptors (Lipinski definition) is 30. The molecule has 0 aromatic heterocycles. The van der Waals surface area contributed by atoms with Gasteiger partial charge >= 0.3 is 41.8 Å². The first-order valence-corrected chi connectivity index (χ1v) is 33.7. The van der Waals surface area contributed by atoms with Crippen LogP contribution in [0, 0.1) is 0 Å². The fraction of sp³-hybridized carbons (Fsp3) is 0.821. The van der Waals surface area contributed by atoms with Gasteiger partial charge in [-0.2, -0.15) is 80.7 Å². The van der Waals surface area contributed by atoms with Gasteiger partial charge < -0.3 is 66.8 Å². The second kappa shape index (κ2) is 67.3. The predicted molar refractivity (Wildman–Crippen MR) is 320 cm³/mol. The van der Waals surface area contributed by atoms with E-state index >= 15 is 0 Å². The van der Waals surface area contributed by atoms with E-state index in [4.69, 9.17) is 55.4 Å². The summed E-state index contributed by atoms with van der Waals surface area (Å²) in [5, 5.41) is 41.4. The van der Waals surface area contributed by atoms with E-state index in [-0.39, 0.29) is 73.9 Å². The molecule has 0 aliphatic heterocycles. The average Bonchev–Trinajstić information content (AvgIpc) is 3.38. The van der Waals surface area contributed by atoms with Crippen molar-refractivity contribution in [2.75, 3.05) is 135 Å². The Bertz CT molecular complexity index is 1650. The number of esters is 4. The first kappa shape index (κ1) is 95.0. The number of ether oxygens (including phenoxy) is 4. The quantitative estimate of drug-likeness (QED) is 0.0118. The monoisotopic (exact) mass is 1330 g/mol. The lowest BCUT2D eigenvalue weighted by molar-refractivity contribution is -0.142. The SMILES string of the molecule is CN[C@@H](CO)CC(=O)OC.CN[C@@H](COS(C)(=O)=O)CC(=O)OC.CN[C@@H](CSC)C(=O)O.COC(=O)C[C@H](CSC)NCl.COC(=O)C[C@H](CSC)NCl.CS.CS(=O)(=O)Cl.CSC[C@H](N)C(=O)O.N[C@@H](CS)C(=O)O. The summed E-state index contributed by atoms with van der Waals surface area (Å²) in [6.45, 7) is -0.129. The van der Waals surface area contributed by atoms with Crippen molar-refractivity contribution < 1.29 is 94.0 Å². The van der Waals surface area contributed by atoms with E-state index in [1.807, 2.05) is 25.0 Å². The van der Waals surface area contributed by atoms with Crippen LogP contribution in [-0.2, 0) is 75.9 Å². The fourth-order valence-electron chi connectivity index (χ4n) is 3.28. The molecule has 0 rings (SSSR count). The Balaban J connectivity index is -0.0000000988. The molecule has 77 heavy (non-hydrogen) atoms. The summed E-state index contributed by atoms with van der Waals surface area (Å²) in [6, 6.07) is -2.48. The molecular formula is C39H86Cl3N7O20S8. The molecule has 0 saturated heterocycles. The van der Waals surface area contributed by atoms with E-state index in [1.165, 1.54) is 52.0 Å². The highest BCUT2D eigenvalue weighted by atomic mass is 35.7. The standard InChI is InChI=1S/C7H15NO5S.2C6H12ClNO2S.C6H13NO3.C5H11NO2S.C4H9NO2S.C3H7NO2S.CH3ClO2S.CH4S/c1-8-6(4-7(9)12-2)5-13-14(3,10)11;2*1-10-6(9)3-5(8-7)4-11-2;1-7-5(4-8)3-6(9)10-2;1-6-4(3-9-2)5(7)8;1-8-2-3(5)4(6)7;4-2(1-7)3(5)6;1-5(2,3)4;1-2/h6,8H,4-5H2,1-3H3;2*5,8H,3-4H2,1-2H3;5,7-8H,3-4H2,1-2H3;4,6H,3H2,1-2H3,(H,7,8);3H,2,5H2,1H3,(H,6,7);2,7H,1,4H2,(H,5,6);1H3;2H,1H3/t6-;3*5-;4-;3-;2-;;/m1111000../s1. The molecule has 0 aromatic rings. The molecule has 38 heteroatoms. The number of aliphatic hydroxyl groups is 1. The van der Waals surface area contributed by atoms with Crippen LogP contribution in [0.4, 0.5) is 0 Å². The number of carbonyl (C=O) groups excluding carboxylic acids is 4. The summed E-state index contributed by atoms with van der Waals surface area (Å²) in [5.41, 5.74) is 10.0. The lowest BCUT2D eigenvalue weighted by Crippen LogP contribution is -2.35. The average molecular weight is 1340 g/mol. The second-order valence-corrected chi connectivity index (χ2v) is 22.8. The van der Waals surface area contributed by atoms with E-state index in [1.54, 1.807) is 50.9 Å². The van der Waals surface area contributed by atoms with Gasteiger partial charge in [0.15, 0.2) is 0 Å². The number of nitrogens with two attached hydrogens (primary N) is 2. The Morgan fingerprint density at radius 2 is 0.857 bits per heavy atom. The number of aliphatic carboxylic acids is 3. The molecule has 0 aliphatic carbocycles. The molecular weight excluding hydrogens is 1250 g/mol. The Morgan fingerprint density at radius 1 is 0.558 bits per heavy atom. The van der Waals surface area contributed by atoms with Crippen molar-refractivity contribution in [2.24, 2.45) is 11.5 Å². The number of carboxylic acid groups (broad SMARTS) is 3. The number of thiol groups is 2. The molecule has 0 fully saturated rings. The minimum absolute atomic E-state index is 0.000818. The number of carbonyl (C=O) groups is 7. The van der Waals surface area contributed by atoms with Gasteiger partial charge in [0.1, 0.15) is 18.1 Å². The van der Waals surface area contributed by atoms with Crippen LogP contribution in [0.15, 0.2) is 0 Å². The minimum atomic E-state index is -3.46. The summed E-state index contributed by atoms with van der Waals surface area (Å²) in [6.07, 6.45) is 12.1. The molecule has 0 spiro atoms. The normalized spacial score (nSPS) is 12.7. The molecule has 0 aromatic carbocycles. The van der Waals surface area contributed by atoms with Crippen LogP contribution in [0.3, 0.4) is 0 Å². The number of methoxy groups -OCH3 is 4. The lowest BCUT2D eigenvalue weighted by atomic mass is 10.2. The number of aliphatic hydroxyl groups excluding tert-OH is 1. The maximum Gasteiger partial charge on any atom is 0.321 e. The van der Waals surface area contributed by atoms with Gasteiger partial charge in [-0.05, 0) is 76.0 Å². The van der Waals surface area contributed by atoms with Gasteiger partial charge in [0.25, 0.3) is 10.1 Å². The van der Waals surface area contributed by atoms with Gasteiger partial charge in [-0.3, -0.25) is 37.7 Å². The first-order chi connectivity index (χ1) is 35.7. The Hall–Kier alpha value is -1.20. The van der Waals surface area contributed by atoms with Crippen molar-refractivity contribution in [2.45, 2.75) is 68.0 Å². The van der Waals surface area contributed by atoms with Gasteiger partial charge in [0, 0.05) is 63.6 Å². The lowest BCUT2D eigenvalue weighted by Gasteiger charge is -2.13. The van der Waals surface area contributed by atoms with Gasteiger partial charge in [-0.25, -0.2) is 18.1 Å². The molecule has 0 amide bonds. The third-order valence-electron chi connectivity index (χ3n) is 7.28. The Kier molecular flexibility index (Phi) is 83.1. The number of halogens is 3. The molecule has 0 aliphatic rings. The van der Waals surface area contributed by atoms with Gasteiger partial charge in [-0.1, -0.05) is 0 Å². The molecule has 27 nitrogen and oxygen atoms in total. The van der Waals surface area contributed by atoms with Crippen LogP contribution in [0.25, 0.3) is 0 Å². The number of rotatable bonds is 29. The topological polar surface area (TPSA) is 427 Å². The zero-order chi connectivity index (χ0) is 62.8. The van der Waals surface area contributed by atoms with E-state index in [9.17, 15) is 50.4 Å².